The monoisotopic (exact) mass is 284 g/mol. The minimum Gasteiger partial charge on any atom is -0.398 e. The summed E-state index contributed by atoms with van der Waals surface area (Å²) in [5.41, 5.74) is 8.08. The fraction of sp³-hybridized carbons (Fsp3) is 0.375. The lowest BCUT2D eigenvalue weighted by atomic mass is 10.0. The number of nitrogens with two attached hydrogens (primary N) is 1. The molecule has 0 aliphatic carbocycles. The van der Waals surface area contributed by atoms with E-state index in [-0.39, 0.29) is 5.78 Å². The second kappa shape index (κ2) is 6.10. The number of carbonyl (C=O) groups excluding carboxylic acids is 1. The highest BCUT2D eigenvalue weighted by atomic mass is 16.1. The lowest BCUT2D eigenvalue weighted by Crippen LogP contribution is -2.30. The van der Waals surface area contributed by atoms with E-state index in [1.165, 1.54) is 0 Å². The topological polar surface area (TPSA) is 72.9 Å². The molecule has 0 radical (unpaired) electrons. The van der Waals surface area contributed by atoms with Crippen molar-refractivity contribution >= 4 is 11.5 Å². The number of Topliss-reactive ketones (excluding diaryl/α,β-unsaturated/α-hetero) is 1. The number of nitrogens with zero attached hydrogens (tertiary/aromatic N) is 2. The van der Waals surface area contributed by atoms with Crippen LogP contribution in [0.3, 0.4) is 0 Å². The Morgan fingerprint density at radius 2 is 2.19 bits per heavy atom. The Morgan fingerprint density at radius 1 is 1.38 bits per heavy atom. The van der Waals surface area contributed by atoms with Gasteiger partial charge in [-0.15, -0.1) is 0 Å². The van der Waals surface area contributed by atoms with Crippen LogP contribution in [0.5, 0.6) is 0 Å². The van der Waals surface area contributed by atoms with Gasteiger partial charge in [0.15, 0.2) is 5.78 Å². The molecule has 21 heavy (non-hydrogen) atoms. The van der Waals surface area contributed by atoms with E-state index in [1.54, 1.807) is 18.5 Å². The molecule has 2 aromatic rings. The van der Waals surface area contributed by atoms with Gasteiger partial charge in [-0.1, -0.05) is 0 Å². The molecular weight excluding hydrogens is 264 g/mol. The molecule has 1 fully saturated rings. The van der Waals surface area contributed by atoms with Gasteiger partial charge in [-0.3, -0.25) is 9.78 Å². The largest absolute Gasteiger partial charge is 0.398 e. The zero-order valence-electron chi connectivity index (χ0n) is 12.0. The predicted octanol–water partition coefficient (Wildman–Crippen LogP) is 1.82. The Hall–Kier alpha value is -2.14. The highest BCUT2D eigenvalue weighted by molar-refractivity contribution is 5.96. The third-order valence-corrected chi connectivity index (χ3v) is 4.06. The zero-order valence-corrected chi connectivity index (χ0v) is 12.0. The van der Waals surface area contributed by atoms with Gasteiger partial charge in [0.1, 0.15) is 0 Å². The van der Waals surface area contributed by atoms with E-state index in [1.807, 2.05) is 18.3 Å². The summed E-state index contributed by atoms with van der Waals surface area (Å²) in [7, 11) is 0. The maximum Gasteiger partial charge on any atom is 0.183 e. The summed E-state index contributed by atoms with van der Waals surface area (Å²) in [6, 6.07) is 5.99. The number of hydrogen-bond acceptors (Lipinski definition) is 4. The fourth-order valence-corrected chi connectivity index (χ4v) is 2.88. The van der Waals surface area contributed by atoms with E-state index in [2.05, 4.69) is 14.9 Å². The molecule has 1 aliphatic heterocycles. The number of anilines is 1. The Balaban J connectivity index is 1.79. The van der Waals surface area contributed by atoms with Crippen molar-refractivity contribution < 1.29 is 4.79 Å². The molecular formula is C16H20N4O. The third-order valence-electron chi connectivity index (χ3n) is 4.06. The van der Waals surface area contributed by atoms with Crippen LogP contribution in [0.25, 0.3) is 0 Å². The zero-order chi connectivity index (χ0) is 14.7. The van der Waals surface area contributed by atoms with E-state index in [0.717, 1.165) is 37.2 Å². The first kappa shape index (κ1) is 13.8. The van der Waals surface area contributed by atoms with Crippen molar-refractivity contribution in [2.75, 3.05) is 18.8 Å². The summed E-state index contributed by atoms with van der Waals surface area (Å²) >= 11 is 0. The molecule has 1 saturated heterocycles. The van der Waals surface area contributed by atoms with Crippen LogP contribution in [0, 0.1) is 0 Å². The first-order valence-electron chi connectivity index (χ1n) is 7.35. The number of aromatic nitrogens is 2. The molecule has 110 valence electrons. The minimum atomic E-state index is 0.0956. The first-order valence-corrected chi connectivity index (χ1v) is 7.35. The summed E-state index contributed by atoms with van der Waals surface area (Å²) in [4.78, 5) is 16.6. The molecule has 0 saturated carbocycles. The van der Waals surface area contributed by atoms with Crippen LogP contribution in [0.4, 0.5) is 5.69 Å². The van der Waals surface area contributed by atoms with Gasteiger partial charge in [-0.25, -0.2) is 0 Å². The van der Waals surface area contributed by atoms with Crippen LogP contribution in [-0.4, -0.2) is 28.4 Å². The Labute approximate surface area is 124 Å². The van der Waals surface area contributed by atoms with Gasteiger partial charge < -0.3 is 15.6 Å². The number of carbonyl (C=O) groups is 1. The summed E-state index contributed by atoms with van der Waals surface area (Å²) in [5, 5.41) is 3.35. The quantitative estimate of drug-likeness (QED) is 0.840. The van der Waals surface area contributed by atoms with Gasteiger partial charge in [-0.2, -0.15) is 0 Å². The Morgan fingerprint density at radius 3 is 2.95 bits per heavy atom. The number of ketones is 1. The highest BCUT2D eigenvalue weighted by Crippen LogP contribution is 2.22. The molecule has 5 heteroatoms. The standard InChI is InChI=1S/C16H20N4O/c17-14-5-8-19-11-12(14)10-16(21)15-2-1-9-20(15)13-3-6-18-7-4-13/h1-2,5,8-9,11,13,18H,3-4,6-7,10H2,(H2,17,19). The van der Waals surface area contributed by atoms with Crippen LogP contribution >= 0.6 is 0 Å². The molecule has 5 nitrogen and oxygen atoms in total. The number of nitrogens with one attached hydrogen (secondary N) is 1. The normalized spacial score (nSPS) is 16.0. The smallest absolute Gasteiger partial charge is 0.183 e. The number of pyridine rings is 1. The fourth-order valence-electron chi connectivity index (χ4n) is 2.88. The summed E-state index contributed by atoms with van der Waals surface area (Å²) < 4.78 is 2.12. The third kappa shape index (κ3) is 2.97. The molecule has 3 heterocycles. The van der Waals surface area contributed by atoms with Crippen LogP contribution in [0.15, 0.2) is 36.8 Å². The molecule has 3 N–H and O–H groups in total. The molecule has 0 bridgehead atoms. The van der Waals surface area contributed by atoms with Gasteiger partial charge >= 0.3 is 0 Å². The second-order valence-corrected chi connectivity index (χ2v) is 5.46. The van der Waals surface area contributed by atoms with Crippen LogP contribution in [0.2, 0.25) is 0 Å². The van der Waals surface area contributed by atoms with Gasteiger partial charge in [0.25, 0.3) is 0 Å². The van der Waals surface area contributed by atoms with Crippen molar-refractivity contribution in [1.29, 1.82) is 0 Å². The van der Waals surface area contributed by atoms with Crippen molar-refractivity contribution in [3.8, 4) is 0 Å². The van der Waals surface area contributed by atoms with Crippen molar-refractivity contribution in [2.45, 2.75) is 25.3 Å². The number of rotatable bonds is 4. The molecule has 3 rings (SSSR count). The molecule has 0 atom stereocenters. The van der Waals surface area contributed by atoms with E-state index < -0.39 is 0 Å². The van der Waals surface area contributed by atoms with Gasteiger partial charge in [0, 0.05) is 42.3 Å². The molecule has 0 spiro atoms. The van der Waals surface area contributed by atoms with Gasteiger partial charge in [0.2, 0.25) is 0 Å². The van der Waals surface area contributed by atoms with E-state index in [9.17, 15) is 4.79 Å². The van der Waals surface area contributed by atoms with Crippen molar-refractivity contribution in [1.82, 2.24) is 14.9 Å². The summed E-state index contributed by atoms with van der Waals surface area (Å²) in [5.74, 6) is 0.0956. The maximum atomic E-state index is 12.6. The Bertz CT molecular complexity index is 629. The van der Waals surface area contributed by atoms with E-state index >= 15 is 0 Å². The van der Waals surface area contributed by atoms with E-state index in [4.69, 9.17) is 5.73 Å². The average molecular weight is 284 g/mol. The van der Waals surface area contributed by atoms with Crippen molar-refractivity contribution in [3.05, 3.63) is 48.0 Å². The second-order valence-electron chi connectivity index (χ2n) is 5.46. The first-order chi connectivity index (χ1) is 10.3. The maximum absolute atomic E-state index is 12.6. The number of piperidine rings is 1. The van der Waals surface area contributed by atoms with Gasteiger partial charge in [0.05, 0.1) is 5.69 Å². The summed E-state index contributed by atoms with van der Waals surface area (Å²) in [6.45, 7) is 2.01. The Kier molecular flexibility index (Phi) is 4.01. The lowest BCUT2D eigenvalue weighted by molar-refractivity contribution is 0.0980. The van der Waals surface area contributed by atoms with Crippen molar-refractivity contribution in [2.24, 2.45) is 0 Å². The molecule has 2 aromatic heterocycles. The van der Waals surface area contributed by atoms with Crippen LogP contribution in [-0.2, 0) is 6.42 Å². The number of hydrogen-bond donors (Lipinski definition) is 2. The molecule has 1 aliphatic rings. The minimum absolute atomic E-state index is 0.0956. The lowest BCUT2D eigenvalue weighted by Gasteiger charge is -2.26. The number of nitrogen functional groups attached to an aromatic ring is 1. The van der Waals surface area contributed by atoms with Crippen LogP contribution in [0.1, 0.15) is 34.9 Å². The average Bonchev–Trinajstić information content (AvgIpc) is 3.00. The molecule has 0 unspecified atom stereocenters. The SMILES string of the molecule is Nc1ccncc1CC(=O)c1cccn1C1CCNCC1. The summed E-state index contributed by atoms with van der Waals surface area (Å²) in [6.07, 6.45) is 7.74. The highest BCUT2D eigenvalue weighted by Gasteiger charge is 2.20. The van der Waals surface area contributed by atoms with E-state index in [0.29, 0.717) is 18.2 Å². The molecule has 0 amide bonds. The van der Waals surface area contributed by atoms with Crippen molar-refractivity contribution in [3.63, 3.8) is 0 Å². The molecule has 0 aromatic carbocycles. The van der Waals surface area contributed by atoms with Gasteiger partial charge in [-0.05, 0) is 44.1 Å². The predicted molar refractivity (Wildman–Crippen MR) is 82.3 cm³/mol. The van der Waals surface area contributed by atoms with Crippen LogP contribution < -0.4 is 11.1 Å².